The Hall–Kier alpha value is -3.33. The van der Waals surface area contributed by atoms with Gasteiger partial charge in [0.05, 0.1) is 11.4 Å². The van der Waals surface area contributed by atoms with Gasteiger partial charge in [-0.3, -0.25) is 15.0 Å². The molecule has 4 aromatic rings. The maximum absolute atomic E-state index is 4.60. The third-order valence-corrected chi connectivity index (χ3v) is 7.84. The van der Waals surface area contributed by atoms with E-state index in [0.717, 1.165) is 24.2 Å². The van der Waals surface area contributed by atoms with Gasteiger partial charge in [0.25, 0.3) is 0 Å². The van der Waals surface area contributed by atoms with Crippen molar-refractivity contribution in [2.24, 2.45) is 0 Å². The van der Waals surface area contributed by atoms with Crippen molar-refractivity contribution >= 4 is 0 Å². The number of hydrogen-bond acceptors (Lipinski definition) is 3. The SMILES string of the molecule is CCCCCCCCCc1ccnc(-c2cc(CCCCCCCCC)ccn2)c1.c1ccc(-c2ccncc2)cc1. The molecular formula is C39H53N3. The highest BCUT2D eigenvalue weighted by atomic mass is 14.8. The van der Waals surface area contributed by atoms with E-state index in [1.54, 1.807) is 0 Å². The number of hydrogen-bond donors (Lipinski definition) is 0. The van der Waals surface area contributed by atoms with Gasteiger partial charge in [-0.1, -0.05) is 121 Å². The summed E-state index contributed by atoms with van der Waals surface area (Å²) in [5.41, 5.74) is 7.29. The van der Waals surface area contributed by atoms with E-state index in [-0.39, 0.29) is 0 Å². The predicted molar refractivity (Wildman–Crippen MR) is 181 cm³/mol. The van der Waals surface area contributed by atoms with Crippen molar-refractivity contribution in [3.63, 3.8) is 0 Å². The van der Waals surface area contributed by atoms with Crippen LogP contribution >= 0.6 is 0 Å². The summed E-state index contributed by atoms with van der Waals surface area (Å²) in [7, 11) is 0. The van der Waals surface area contributed by atoms with E-state index in [9.17, 15) is 0 Å². The molecule has 0 unspecified atom stereocenters. The van der Waals surface area contributed by atoms with Crippen LogP contribution in [0.2, 0.25) is 0 Å². The molecule has 0 atom stereocenters. The molecule has 0 saturated heterocycles. The minimum Gasteiger partial charge on any atom is -0.265 e. The second-order valence-electron chi connectivity index (χ2n) is 11.4. The lowest BCUT2D eigenvalue weighted by molar-refractivity contribution is 0.589. The number of unbranched alkanes of at least 4 members (excludes halogenated alkanes) is 12. The van der Waals surface area contributed by atoms with Crippen molar-refractivity contribution in [1.29, 1.82) is 0 Å². The van der Waals surface area contributed by atoms with E-state index in [1.165, 1.54) is 112 Å². The second kappa shape index (κ2) is 21.4. The first kappa shape index (κ1) is 33.2. The minimum atomic E-state index is 1.02. The standard InChI is InChI=1S/C28H44N2.C11H9N/c1-3-5-7-9-11-13-15-17-25-19-21-29-27(23-25)28-24-26(20-22-30-28)18-16-14-12-10-8-6-4-2;1-2-4-10(5-3-1)11-6-8-12-9-7-11/h19-24H,3-18H2,1-2H3;1-9H. The molecule has 0 amide bonds. The highest BCUT2D eigenvalue weighted by Gasteiger charge is 2.05. The summed E-state index contributed by atoms with van der Waals surface area (Å²) in [4.78, 5) is 13.2. The number of nitrogens with zero attached hydrogens (tertiary/aromatic N) is 3. The Bertz CT molecular complexity index is 1110. The predicted octanol–water partition coefficient (Wildman–Crippen LogP) is 11.5. The van der Waals surface area contributed by atoms with E-state index in [2.05, 4.69) is 65.2 Å². The average molecular weight is 564 g/mol. The number of pyridine rings is 3. The third-order valence-electron chi connectivity index (χ3n) is 7.84. The van der Waals surface area contributed by atoms with Crippen molar-refractivity contribution in [3.05, 3.63) is 103 Å². The Kier molecular flexibility index (Phi) is 16.9. The van der Waals surface area contributed by atoms with Crippen LogP contribution in [0, 0.1) is 0 Å². The van der Waals surface area contributed by atoms with E-state index >= 15 is 0 Å². The summed E-state index contributed by atoms with van der Waals surface area (Å²) in [5.74, 6) is 0. The Morgan fingerprint density at radius 2 is 0.857 bits per heavy atom. The van der Waals surface area contributed by atoms with Gasteiger partial charge in [-0.25, -0.2) is 0 Å². The van der Waals surface area contributed by atoms with Crippen LogP contribution in [-0.2, 0) is 12.8 Å². The summed E-state index contributed by atoms with van der Waals surface area (Å²) >= 11 is 0. The summed E-state index contributed by atoms with van der Waals surface area (Å²) < 4.78 is 0. The van der Waals surface area contributed by atoms with Crippen LogP contribution in [0.1, 0.15) is 115 Å². The van der Waals surface area contributed by atoms with Crippen LogP contribution < -0.4 is 0 Å². The monoisotopic (exact) mass is 563 g/mol. The molecule has 0 fully saturated rings. The summed E-state index contributed by atoms with van der Waals surface area (Å²) in [5, 5.41) is 0. The van der Waals surface area contributed by atoms with E-state index < -0.39 is 0 Å². The van der Waals surface area contributed by atoms with E-state index in [1.807, 2.05) is 55.1 Å². The van der Waals surface area contributed by atoms with Crippen LogP contribution in [-0.4, -0.2) is 15.0 Å². The number of aryl methyl sites for hydroxylation is 2. The molecule has 0 spiro atoms. The lowest BCUT2D eigenvalue weighted by Gasteiger charge is -2.07. The summed E-state index contributed by atoms with van der Waals surface area (Å²) in [6.45, 7) is 4.56. The highest BCUT2D eigenvalue weighted by molar-refractivity contribution is 5.62. The molecule has 0 aliphatic heterocycles. The van der Waals surface area contributed by atoms with Crippen molar-refractivity contribution in [2.45, 2.75) is 117 Å². The first-order chi connectivity index (χ1) is 20.8. The Morgan fingerprint density at radius 1 is 0.429 bits per heavy atom. The fraction of sp³-hybridized carbons (Fsp3) is 0.462. The van der Waals surface area contributed by atoms with E-state index in [0.29, 0.717) is 0 Å². The van der Waals surface area contributed by atoms with Crippen molar-refractivity contribution < 1.29 is 0 Å². The van der Waals surface area contributed by atoms with Crippen molar-refractivity contribution in [3.8, 4) is 22.5 Å². The lowest BCUT2D eigenvalue weighted by atomic mass is 10.0. The molecular weight excluding hydrogens is 510 g/mol. The number of benzene rings is 1. The molecule has 0 saturated carbocycles. The zero-order valence-electron chi connectivity index (χ0n) is 26.3. The molecule has 4 rings (SSSR count). The number of aromatic nitrogens is 3. The van der Waals surface area contributed by atoms with Crippen LogP contribution in [0.15, 0.2) is 91.5 Å². The molecule has 0 bridgehead atoms. The zero-order valence-corrected chi connectivity index (χ0v) is 26.3. The summed E-state index contributed by atoms with van der Waals surface area (Å²) in [6.07, 6.45) is 28.8. The van der Waals surface area contributed by atoms with Gasteiger partial charge in [-0.05, 0) is 84.3 Å². The number of rotatable bonds is 18. The third kappa shape index (κ3) is 13.6. The molecule has 0 aliphatic carbocycles. The van der Waals surface area contributed by atoms with Gasteiger partial charge < -0.3 is 0 Å². The quantitative estimate of drug-likeness (QED) is 0.113. The van der Waals surface area contributed by atoms with Crippen LogP contribution in [0.3, 0.4) is 0 Å². The van der Waals surface area contributed by atoms with Crippen LogP contribution in [0.4, 0.5) is 0 Å². The van der Waals surface area contributed by atoms with Gasteiger partial charge in [0.15, 0.2) is 0 Å². The second-order valence-corrected chi connectivity index (χ2v) is 11.4. The van der Waals surface area contributed by atoms with Crippen LogP contribution in [0.5, 0.6) is 0 Å². The molecule has 0 N–H and O–H groups in total. The molecule has 42 heavy (non-hydrogen) atoms. The normalized spacial score (nSPS) is 10.7. The van der Waals surface area contributed by atoms with Gasteiger partial charge in [-0.2, -0.15) is 0 Å². The molecule has 224 valence electrons. The first-order valence-corrected chi connectivity index (χ1v) is 16.7. The molecule has 3 heteroatoms. The Labute approximate surface area is 256 Å². The molecule has 3 nitrogen and oxygen atoms in total. The van der Waals surface area contributed by atoms with Gasteiger partial charge in [0, 0.05) is 24.8 Å². The first-order valence-electron chi connectivity index (χ1n) is 16.7. The maximum atomic E-state index is 4.60. The fourth-order valence-corrected chi connectivity index (χ4v) is 5.29. The minimum absolute atomic E-state index is 1.02. The van der Waals surface area contributed by atoms with Gasteiger partial charge in [0.1, 0.15) is 0 Å². The van der Waals surface area contributed by atoms with Gasteiger partial charge in [-0.15, -0.1) is 0 Å². The smallest absolute Gasteiger partial charge is 0.0888 e. The molecule has 1 aromatic carbocycles. The molecule has 3 aromatic heterocycles. The average Bonchev–Trinajstić information content (AvgIpc) is 3.05. The van der Waals surface area contributed by atoms with Crippen molar-refractivity contribution in [2.75, 3.05) is 0 Å². The van der Waals surface area contributed by atoms with Crippen LogP contribution in [0.25, 0.3) is 22.5 Å². The topological polar surface area (TPSA) is 38.7 Å². The molecule has 0 aliphatic rings. The van der Waals surface area contributed by atoms with Crippen molar-refractivity contribution in [1.82, 2.24) is 15.0 Å². The molecule has 0 radical (unpaired) electrons. The summed E-state index contributed by atoms with van der Waals surface area (Å²) in [6, 6.07) is 23.1. The molecule has 3 heterocycles. The zero-order chi connectivity index (χ0) is 29.5. The lowest BCUT2D eigenvalue weighted by Crippen LogP contribution is -1.94. The van der Waals surface area contributed by atoms with Gasteiger partial charge >= 0.3 is 0 Å². The van der Waals surface area contributed by atoms with Gasteiger partial charge in [0.2, 0.25) is 0 Å². The maximum Gasteiger partial charge on any atom is 0.0888 e. The Balaban J connectivity index is 0.000000332. The highest BCUT2D eigenvalue weighted by Crippen LogP contribution is 2.20. The van der Waals surface area contributed by atoms with E-state index in [4.69, 9.17) is 0 Å². The fourth-order valence-electron chi connectivity index (χ4n) is 5.29. The largest absolute Gasteiger partial charge is 0.265 e. The Morgan fingerprint density at radius 3 is 1.33 bits per heavy atom.